The van der Waals surface area contributed by atoms with Gasteiger partial charge in [0, 0.05) is 19.5 Å². The molecule has 0 saturated heterocycles. The second-order valence-corrected chi connectivity index (χ2v) is 11.5. The van der Waals surface area contributed by atoms with Crippen LogP contribution in [-0.4, -0.2) is 29.9 Å². The molecule has 1 heterocycles. The molecule has 5 aliphatic carbocycles. The van der Waals surface area contributed by atoms with Gasteiger partial charge in [-0.3, -0.25) is 0 Å². The Balaban J connectivity index is 0.892. The molecule has 5 heteroatoms. The lowest BCUT2D eigenvalue weighted by Crippen LogP contribution is -2.59. The Morgan fingerprint density at radius 2 is 1.73 bits per heavy atom. The largest absolute Gasteiger partial charge is 0.493 e. The van der Waals surface area contributed by atoms with Crippen LogP contribution in [-0.2, 0) is 13.0 Å². The lowest BCUT2D eigenvalue weighted by Gasteiger charge is -2.51. The fraction of sp³-hybridized carbons (Fsp3) is 0.536. The first-order chi connectivity index (χ1) is 16.1. The minimum absolute atomic E-state index is 0.176. The van der Waals surface area contributed by atoms with Crippen LogP contribution in [0.5, 0.6) is 5.75 Å². The molecule has 3 N–H and O–H groups in total. The number of carbonyl (C=O) groups excluding carboxylic acids is 1. The second kappa shape index (κ2) is 6.32. The Bertz CT molecular complexity index is 1160. The van der Waals surface area contributed by atoms with E-state index in [1.54, 1.807) is 0 Å². The first kappa shape index (κ1) is 18.8. The van der Waals surface area contributed by atoms with Crippen LogP contribution < -0.4 is 15.4 Å². The van der Waals surface area contributed by atoms with E-state index in [0.29, 0.717) is 24.9 Å². The maximum atomic E-state index is 12.6. The summed E-state index contributed by atoms with van der Waals surface area (Å²) >= 11 is 0. The van der Waals surface area contributed by atoms with Gasteiger partial charge in [0.2, 0.25) is 0 Å². The van der Waals surface area contributed by atoms with Crippen molar-refractivity contribution in [2.45, 2.75) is 31.4 Å². The van der Waals surface area contributed by atoms with Crippen LogP contribution in [0.4, 0.5) is 4.79 Å². The summed E-state index contributed by atoms with van der Waals surface area (Å²) in [5.74, 6) is 6.65. The highest BCUT2D eigenvalue weighted by Crippen LogP contribution is 2.85. The summed E-state index contributed by atoms with van der Waals surface area (Å²) in [6.45, 7) is 1.66. The number of hydrogen-bond donors (Lipinski definition) is 3. The molecular weight excluding hydrogens is 412 g/mol. The van der Waals surface area contributed by atoms with Gasteiger partial charge >= 0.3 is 6.03 Å². The van der Waals surface area contributed by atoms with Crippen LogP contribution in [0.15, 0.2) is 42.5 Å². The quantitative estimate of drug-likeness (QED) is 0.663. The summed E-state index contributed by atoms with van der Waals surface area (Å²) < 4.78 is 5.60. The average molecular weight is 443 g/mol. The van der Waals surface area contributed by atoms with Crippen molar-refractivity contribution < 1.29 is 14.6 Å². The Morgan fingerprint density at radius 3 is 2.61 bits per heavy atom. The molecule has 2 aromatic rings. The summed E-state index contributed by atoms with van der Waals surface area (Å²) in [6, 6.07) is 14.6. The molecule has 5 fully saturated rings. The Kier molecular flexibility index (Phi) is 3.61. The zero-order valence-electron chi connectivity index (χ0n) is 18.7. The highest BCUT2D eigenvalue weighted by Gasteiger charge is 2.84. The predicted molar refractivity (Wildman–Crippen MR) is 123 cm³/mol. The van der Waals surface area contributed by atoms with Crippen molar-refractivity contribution in [3.63, 3.8) is 0 Å². The topological polar surface area (TPSA) is 70.6 Å². The predicted octanol–water partition coefficient (Wildman–Crippen LogP) is 3.60. The Labute approximate surface area is 193 Å². The normalized spacial score (nSPS) is 41.7. The number of aliphatic hydroxyl groups is 1. The van der Waals surface area contributed by atoms with Gasteiger partial charge in [0.05, 0.1) is 12.2 Å². The SMILES string of the molecule is O=C(NCc1ccc(-c2ccc3c(c2)CCO3)cc1)NCC1(O)C2C3CC4C5C3CC2C5C41. The van der Waals surface area contributed by atoms with E-state index in [1.807, 2.05) is 0 Å². The van der Waals surface area contributed by atoms with Crippen molar-refractivity contribution in [2.75, 3.05) is 13.2 Å². The molecule has 6 aliphatic rings. The zero-order chi connectivity index (χ0) is 21.9. The summed E-state index contributed by atoms with van der Waals surface area (Å²) in [5, 5.41) is 17.7. The maximum Gasteiger partial charge on any atom is 0.315 e. The van der Waals surface area contributed by atoms with Crippen molar-refractivity contribution in [1.29, 1.82) is 0 Å². The molecule has 0 aromatic heterocycles. The van der Waals surface area contributed by atoms with Crippen LogP contribution in [0.3, 0.4) is 0 Å². The molecule has 8 rings (SSSR count). The van der Waals surface area contributed by atoms with Gasteiger partial charge in [-0.15, -0.1) is 0 Å². The number of benzene rings is 2. The van der Waals surface area contributed by atoms with Crippen LogP contribution in [0, 0.1) is 47.3 Å². The third kappa shape index (κ3) is 2.34. The monoisotopic (exact) mass is 442 g/mol. The molecule has 5 nitrogen and oxygen atoms in total. The standard InChI is InChI=1S/C28H30N2O3/c31-27(30-13-28(32)25-19-11-20-23-18(19)10-21(25)24(23)26(20)28)29-12-14-1-3-15(4-2-14)16-5-6-22-17(9-16)7-8-33-22/h1-6,9,18-21,23-26,32H,7-8,10-13H2,(H2,29,30,31). The van der Waals surface area contributed by atoms with Gasteiger partial charge in [0.15, 0.2) is 0 Å². The van der Waals surface area contributed by atoms with Crippen molar-refractivity contribution >= 4 is 6.03 Å². The summed E-state index contributed by atoms with van der Waals surface area (Å²) in [4.78, 5) is 12.6. The molecule has 0 radical (unpaired) electrons. The van der Waals surface area contributed by atoms with Gasteiger partial charge in [-0.2, -0.15) is 0 Å². The molecule has 170 valence electrons. The maximum absolute atomic E-state index is 12.6. The third-order valence-electron chi connectivity index (χ3n) is 10.5. The smallest absolute Gasteiger partial charge is 0.315 e. The molecule has 33 heavy (non-hydrogen) atoms. The number of carbonyl (C=O) groups is 1. The van der Waals surface area contributed by atoms with Gasteiger partial charge in [-0.25, -0.2) is 4.79 Å². The molecule has 0 spiro atoms. The lowest BCUT2D eigenvalue weighted by molar-refractivity contribution is -0.126. The summed E-state index contributed by atoms with van der Waals surface area (Å²) in [7, 11) is 0. The van der Waals surface area contributed by atoms with Crippen molar-refractivity contribution in [3.05, 3.63) is 53.6 Å². The van der Waals surface area contributed by atoms with Gasteiger partial charge < -0.3 is 20.5 Å². The van der Waals surface area contributed by atoms with E-state index >= 15 is 0 Å². The van der Waals surface area contributed by atoms with E-state index in [1.165, 1.54) is 29.5 Å². The zero-order valence-corrected chi connectivity index (χ0v) is 18.7. The highest BCUT2D eigenvalue weighted by molar-refractivity contribution is 5.74. The Morgan fingerprint density at radius 1 is 0.939 bits per heavy atom. The molecular formula is C28H30N2O3. The van der Waals surface area contributed by atoms with Gasteiger partial charge in [0.25, 0.3) is 0 Å². The minimum Gasteiger partial charge on any atom is -0.493 e. The van der Waals surface area contributed by atoms with Crippen LogP contribution >= 0.6 is 0 Å². The first-order valence-corrected chi connectivity index (χ1v) is 12.7. The molecule has 9 atom stereocenters. The number of fused-ring (bicyclic) bond motifs is 3. The van der Waals surface area contributed by atoms with E-state index in [2.05, 4.69) is 53.1 Å². The number of nitrogens with one attached hydrogen (secondary N) is 2. The Hall–Kier alpha value is -2.53. The fourth-order valence-corrected chi connectivity index (χ4v) is 9.61. The lowest BCUT2D eigenvalue weighted by atomic mass is 9.56. The fourth-order valence-electron chi connectivity index (χ4n) is 9.61. The summed E-state index contributed by atoms with van der Waals surface area (Å²) in [6.07, 6.45) is 3.67. The van der Waals surface area contributed by atoms with E-state index < -0.39 is 5.60 Å². The minimum atomic E-state index is -0.662. The molecule has 1 aliphatic heterocycles. The van der Waals surface area contributed by atoms with Gasteiger partial charge in [-0.1, -0.05) is 30.3 Å². The van der Waals surface area contributed by atoms with Crippen molar-refractivity contribution in [3.8, 4) is 16.9 Å². The summed E-state index contributed by atoms with van der Waals surface area (Å²) in [5.41, 5.74) is 4.04. The van der Waals surface area contributed by atoms with E-state index in [0.717, 1.165) is 59.8 Å². The van der Waals surface area contributed by atoms with E-state index in [-0.39, 0.29) is 6.03 Å². The first-order valence-electron chi connectivity index (χ1n) is 12.7. The highest BCUT2D eigenvalue weighted by atomic mass is 16.5. The van der Waals surface area contributed by atoms with E-state index in [9.17, 15) is 9.90 Å². The number of hydrogen-bond acceptors (Lipinski definition) is 3. The average Bonchev–Trinajstić information content (AvgIpc) is 3.52. The van der Waals surface area contributed by atoms with Gasteiger partial charge in [0.1, 0.15) is 5.75 Å². The molecule has 9 unspecified atom stereocenters. The van der Waals surface area contributed by atoms with E-state index in [4.69, 9.17) is 4.74 Å². The molecule has 5 saturated carbocycles. The molecule has 2 amide bonds. The number of rotatable bonds is 5. The second-order valence-electron chi connectivity index (χ2n) is 11.5. The van der Waals surface area contributed by atoms with Crippen LogP contribution in [0.1, 0.15) is 24.0 Å². The van der Waals surface area contributed by atoms with Crippen LogP contribution in [0.25, 0.3) is 11.1 Å². The molecule has 2 bridgehead atoms. The molecule has 2 aromatic carbocycles. The van der Waals surface area contributed by atoms with Crippen molar-refractivity contribution in [2.24, 2.45) is 47.3 Å². The van der Waals surface area contributed by atoms with Crippen LogP contribution in [0.2, 0.25) is 0 Å². The van der Waals surface area contributed by atoms with Crippen molar-refractivity contribution in [1.82, 2.24) is 10.6 Å². The number of urea groups is 1. The van der Waals surface area contributed by atoms with Gasteiger partial charge in [-0.05, 0) is 94.6 Å². The third-order valence-corrected chi connectivity index (χ3v) is 10.5. The number of amides is 2. The number of ether oxygens (including phenoxy) is 1.